The normalized spacial score (nSPS) is 17.8. The lowest BCUT2D eigenvalue weighted by Crippen LogP contribution is -2.58. The first kappa shape index (κ1) is 31.0. The molecule has 0 radical (unpaired) electrons. The summed E-state index contributed by atoms with van der Waals surface area (Å²) in [5.41, 5.74) is 1.13. The highest BCUT2D eigenvalue weighted by Gasteiger charge is 2.51. The Bertz CT molecular complexity index is 1170. The van der Waals surface area contributed by atoms with E-state index in [2.05, 4.69) is 13.2 Å². The molecule has 0 amide bonds. The minimum absolute atomic E-state index is 0.0450. The maximum atomic E-state index is 16.3. The molecular weight excluding hydrogens is 481 g/mol. The first-order valence-electron chi connectivity index (χ1n) is 13.3. The molecule has 1 heterocycles. The van der Waals surface area contributed by atoms with E-state index in [-0.39, 0.29) is 13.0 Å². The van der Waals surface area contributed by atoms with Gasteiger partial charge in [-0.25, -0.2) is 8.78 Å². The number of benzene rings is 2. The summed E-state index contributed by atoms with van der Waals surface area (Å²) in [5, 5.41) is 0. The molecule has 0 N–H and O–H groups in total. The van der Waals surface area contributed by atoms with Gasteiger partial charge in [0.15, 0.2) is 0 Å². The Hall–Kier alpha value is -3.21. The van der Waals surface area contributed by atoms with Gasteiger partial charge < -0.3 is 9.80 Å². The molecule has 1 atom stereocenters. The van der Waals surface area contributed by atoms with E-state index in [1.165, 1.54) is 13.8 Å². The molecule has 3 rings (SSSR count). The highest BCUT2D eigenvalue weighted by molar-refractivity contribution is 5.68. The second kappa shape index (κ2) is 13.0. The molecule has 1 unspecified atom stereocenters. The van der Waals surface area contributed by atoms with Crippen LogP contribution in [0.2, 0.25) is 0 Å². The molecule has 0 spiro atoms. The summed E-state index contributed by atoms with van der Waals surface area (Å²) in [6, 6.07) is 11.2. The van der Waals surface area contributed by atoms with Crippen LogP contribution in [0.15, 0.2) is 85.3 Å². The average Bonchev–Trinajstić information content (AvgIpc) is 2.87. The second-order valence-corrected chi connectivity index (χ2v) is 10.0. The number of alkyl halides is 2. The van der Waals surface area contributed by atoms with Crippen molar-refractivity contribution in [3.05, 3.63) is 113 Å². The Morgan fingerprint density at radius 1 is 1.08 bits per heavy atom. The first-order valence-corrected chi connectivity index (χ1v) is 13.3. The highest BCUT2D eigenvalue weighted by Crippen LogP contribution is 2.52. The minimum Gasteiger partial charge on any atom is -0.341 e. The van der Waals surface area contributed by atoms with Crippen LogP contribution >= 0.6 is 0 Å². The topological polar surface area (TPSA) is 6.48 Å². The van der Waals surface area contributed by atoms with Crippen molar-refractivity contribution in [2.24, 2.45) is 0 Å². The van der Waals surface area contributed by atoms with Crippen molar-refractivity contribution in [3.63, 3.8) is 0 Å². The van der Waals surface area contributed by atoms with Gasteiger partial charge in [-0.15, -0.1) is 0 Å². The molecule has 1 aliphatic rings. The number of allylic oxidation sites excluding steroid dienone is 3. The minimum atomic E-state index is -1.65. The van der Waals surface area contributed by atoms with Crippen LogP contribution in [0.5, 0.6) is 0 Å². The molecule has 0 saturated carbocycles. The zero-order valence-corrected chi connectivity index (χ0v) is 24.0. The van der Waals surface area contributed by atoms with E-state index in [1.807, 2.05) is 81.2 Å². The molecule has 0 aromatic heterocycles. The smallest absolute Gasteiger partial charge is 0.134 e. The lowest BCUT2D eigenvalue weighted by Gasteiger charge is -2.55. The maximum Gasteiger partial charge on any atom is 0.134 e. The van der Waals surface area contributed by atoms with Gasteiger partial charge in [0, 0.05) is 18.5 Å². The van der Waals surface area contributed by atoms with Gasteiger partial charge in [0.2, 0.25) is 0 Å². The fraction of sp³-hybridized carbons (Fsp3) is 0.394. The molecule has 0 fully saturated rings. The second-order valence-electron chi connectivity index (χ2n) is 10.0. The number of halogens is 3. The summed E-state index contributed by atoms with van der Waals surface area (Å²) in [5.74, 6) is 0.0749. The van der Waals surface area contributed by atoms with Gasteiger partial charge in [-0.05, 0) is 57.4 Å². The van der Waals surface area contributed by atoms with E-state index >= 15 is 8.78 Å². The lowest BCUT2D eigenvalue weighted by atomic mass is 9.74. The van der Waals surface area contributed by atoms with Crippen LogP contribution in [0, 0.1) is 19.7 Å². The Morgan fingerprint density at radius 2 is 1.71 bits per heavy atom. The molecule has 2 aromatic rings. The predicted molar refractivity (Wildman–Crippen MR) is 157 cm³/mol. The lowest BCUT2D eigenvalue weighted by molar-refractivity contribution is 0.0628. The molecule has 206 valence electrons. The van der Waals surface area contributed by atoms with E-state index in [1.54, 1.807) is 24.0 Å². The van der Waals surface area contributed by atoms with E-state index < -0.39 is 23.7 Å². The highest BCUT2D eigenvalue weighted by atomic mass is 19.1. The fourth-order valence-electron chi connectivity index (χ4n) is 5.09. The number of nitrogens with zero attached hydrogens (tertiary/aromatic N) is 2. The largest absolute Gasteiger partial charge is 0.341 e. The molecule has 5 heteroatoms. The van der Waals surface area contributed by atoms with Crippen LogP contribution < -0.4 is 4.90 Å². The van der Waals surface area contributed by atoms with Crippen LogP contribution in [0.1, 0.15) is 63.3 Å². The number of rotatable bonds is 9. The van der Waals surface area contributed by atoms with Gasteiger partial charge in [0.25, 0.3) is 0 Å². The Labute approximate surface area is 227 Å². The predicted octanol–water partition coefficient (Wildman–Crippen LogP) is 9.10. The molecule has 0 aliphatic carbocycles. The number of fused-ring (bicyclic) bond motifs is 1. The van der Waals surface area contributed by atoms with Gasteiger partial charge in [0.05, 0.1) is 24.4 Å². The average molecular weight is 525 g/mol. The third-order valence-electron chi connectivity index (χ3n) is 6.67. The molecule has 2 aromatic carbocycles. The zero-order valence-electron chi connectivity index (χ0n) is 24.0. The third-order valence-corrected chi connectivity index (χ3v) is 6.67. The molecular formula is C33H43F3N2. The monoisotopic (exact) mass is 524 g/mol. The number of aryl methyl sites for hydroxylation is 2. The van der Waals surface area contributed by atoms with Crippen molar-refractivity contribution in [3.8, 4) is 0 Å². The van der Waals surface area contributed by atoms with E-state index in [0.29, 0.717) is 34.7 Å². The number of hydrogen-bond acceptors (Lipinski definition) is 2. The van der Waals surface area contributed by atoms with Gasteiger partial charge in [0.1, 0.15) is 17.3 Å². The van der Waals surface area contributed by atoms with Crippen LogP contribution in [0.4, 0.5) is 18.9 Å². The van der Waals surface area contributed by atoms with Gasteiger partial charge in [-0.2, -0.15) is 0 Å². The number of anilines is 1. The van der Waals surface area contributed by atoms with Gasteiger partial charge in [-0.3, -0.25) is 4.39 Å². The third kappa shape index (κ3) is 6.25. The van der Waals surface area contributed by atoms with Crippen molar-refractivity contribution in [2.45, 2.75) is 66.1 Å². The van der Waals surface area contributed by atoms with Crippen LogP contribution in [0.25, 0.3) is 0 Å². The molecule has 2 nitrogen and oxygen atoms in total. The van der Waals surface area contributed by atoms with Crippen molar-refractivity contribution < 1.29 is 13.2 Å². The molecule has 0 bridgehead atoms. The number of hydrogen-bond donors (Lipinski definition) is 0. The molecule has 38 heavy (non-hydrogen) atoms. The van der Waals surface area contributed by atoms with Crippen LogP contribution in [0.3, 0.4) is 0 Å². The van der Waals surface area contributed by atoms with Crippen LogP contribution in [-0.4, -0.2) is 30.3 Å². The van der Waals surface area contributed by atoms with Crippen molar-refractivity contribution >= 4 is 5.69 Å². The molecule has 1 aliphatic heterocycles. The standard InChI is InChI=1S/C31H37F3N2.C2H6/c1-8-10-25(11-9-2)20-35-24(5)36(21-30(6,7)34)31(18-19-32,26-15-12-22(3)13-16-26)28-27(35)17-14-23(4)29(28)33;1-2/h8-17H,1,5,18-21H2,2-4,6-7H3;1-2H3/b11-9-,25-10+;. The van der Waals surface area contributed by atoms with Gasteiger partial charge in [-0.1, -0.05) is 87.2 Å². The summed E-state index contributed by atoms with van der Waals surface area (Å²) >= 11 is 0. The fourth-order valence-corrected chi connectivity index (χ4v) is 5.09. The van der Waals surface area contributed by atoms with Crippen molar-refractivity contribution in [1.29, 1.82) is 0 Å². The Morgan fingerprint density at radius 3 is 2.24 bits per heavy atom. The summed E-state index contributed by atoms with van der Waals surface area (Å²) in [7, 11) is 0. The summed E-state index contributed by atoms with van der Waals surface area (Å²) in [6.45, 7) is 20.3. The summed E-state index contributed by atoms with van der Waals surface area (Å²) in [6.07, 6.45) is 7.40. The molecule has 0 saturated heterocycles. The van der Waals surface area contributed by atoms with E-state index in [4.69, 9.17) is 0 Å². The van der Waals surface area contributed by atoms with Crippen molar-refractivity contribution in [1.82, 2.24) is 4.90 Å². The zero-order chi connectivity index (χ0) is 28.7. The van der Waals surface area contributed by atoms with Crippen LogP contribution in [-0.2, 0) is 5.54 Å². The van der Waals surface area contributed by atoms with Gasteiger partial charge >= 0.3 is 0 Å². The summed E-state index contributed by atoms with van der Waals surface area (Å²) in [4.78, 5) is 3.66. The Balaban J connectivity index is 0.00000247. The Kier molecular flexibility index (Phi) is 10.6. The van der Waals surface area contributed by atoms with E-state index in [0.717, 1.165) is 11.1 Å². The summed E-state index contributed by atoms with van der Waals surface area (Å²) < 4.78 is 46.1. The first-order chi connectivity index (χ1) is 18.0. The van der Waals surface area contributed by atoms with E-state index in [9.17, 15) is 4.39 Å². The van der Waals surface area contributed by atoms with Crippen molar-refractivity contribution in [2.75, 3.05) is 24.7 Å². The maximum absolute atomic E-state index is 16.3. The quantitative estimate of drug-likeness (QED) is 0.302. The SMILES string of the molecule is C=C/C=C(\C=C/C)CN1C(=C)N(CC(C)(C)F)C(CCF)(c2ccc(C)cc2)c2c1ccc(C)c2F.CC.